The molecule has 2 radical (unpaired) electrons. The van der Waals surface area contributed by atoms with Gasteiger partial charge in [-0.3, -0.25) is 0 Å². The van der Waals surface area contributed by atoms with Gasteiger partial charge in [0.15, 0.2) is 0 Å². The van der Waals surface area contributed by atoms with Crippen LogP contribution in [0.4, 0.5) is 0 Å². The van der Waals surface area contributed by atoms with E-state index >= 15 is 0 Å². The van der Waals surface area contributed by atoms with Crippen molar-refractivity contribution in [1.29, 1.82) is 0 Å². The molecule has 2 aromatic carbocycles. The van der Waals surface area contributed by atoms with Crippen molar-refractivity contribution < 1.29 is 4.43 Å². The predicted octanol–water partition coefficient (Wildman–Crippen LogP) is 7.89. The molecule has 0 amide bonds. The van der Waals surface area contributed by atoms with E-state index in [4.69, 9.17) is 4.43 Å². The number of hydrogen-bond acceptors (Lipinski definition) is 1. The minimum absolute atomic E-state index is 0.136. The zero-order chi connectivity index (χ0) is 22.7. The molecule has 0 spiro atoms. The first kappa shape index (κ1) is 22.4. The molecule has 2 aromatic rings. The summed E-state index contributed by atoms with van der Waals surface area (Å²) in [6.45, 7) is 7.33. The number of hydrogen-bond donors (Lipinski definition) is 0. The molecule has 4 saturated carbocycles. The number of allylic oxidation sites excluding steroid dienone is 1. The van der Waals surface area contributed by atoms with E-state index in [9.17, 15) is 0 Å². The van der Waals surface area contributed by atoms with Crippen LogP contribution in [0.3, 0.4) is 0 Å². The Hall–Kier alpha value is -1.10. The van der Waals surface area contributed by atoms with Crippen LogP contribution < -0.4 is 0 Å². The summed E-state index contributed by atoms with van der Waals surface area (Å²) in [5, 5.41) is 1.26. The van der Waals surface area contributed by atoms with Crippen molar-refractivity contribution in [3.63, 3.8) is 0 Å². The van der Waals surface area contributed by atoms with E-state index in [1.165, 1.54) is 54.9 Å². The van der Waals surface area contributed by atoms with Crippen molar-refractivity contribution in [3.8, 4) is 0 Å². The topological polar surface area (TPSA) is 9.23 Å². The van der Waals surface area contributed by atoms with Crippen molar-refractivity contribution in [2.24, 2.45) is 23.2 Å². The van der Waals surface area contributed by atoms with Gasteiger partial charge in [-0.1, -0.05) is 0 Å². The van der Waals surface area contributed by atoms with Crippen LogP contribution in [0.15, 0.2) is 60.7 Å². The summed E-state index contributed by atoms with van der Waals surface area (Å²) in [5.74, 6) is 2.93. The van der Waals surface area contributed by atoms with E-state index in [1.54, 1.807) is 11.1 Å². The Morgan fingerprint density at radius 2 is 1.21 bits per heavy atom. The molecular formula is C30H38GeOSi. The summed E-state index contributed by atoms with van der Waals surface area (Å²) in [6, 6.07) is 22.6. The third-order valence-electron chi connectivity index (χ3n) is 8.96. The van der Waals surface area contributed by atoms with Gasteiger partial charge in [0.05, 0.1) is 0 Å². The quantitative estimate of drug-likeness (QED) is 0.368. The molecule has 5 aliphatic rings. The van der Waals surface area contributed by atoms with Crippen molar-refractivity contribution in [2.45, 2.75) is 74.3 Å². The number of benzene rings is 2. The Morgan fingerprint density at radius 3 is 1.70 bits per heavy atom. The first-order valence-electron chi connectivity index (χ1n) is 13.1. The van der Waals surface area contributed by atoms with Gasteiger partial charge in [-0.2, -0.15) is 0 Å². The molecule has 1 atom stereocenters. The molecule has 4 bridgehead atoms. The zero-order valence-corrected chi connectivity index (χ0v) is 23.7. The van der Waals surface area contributed by atoms with Gasteiger partial charge < -0.3 is 0 Å². The zero-order valence-electron chi connectivity index (χ0n) is 20.6. The van der Waals surface area contributed by atoms with Gasteiger partial charge in [-0.15, -0.1) is 0 Å². The number of rotatable bonds is 5. The molecule has 4 aliphatic carbocycles. The second-order valence-electron chi connectivity index (χ2n) is 12.5. The first-order valence-corrected chi connectivity index (χ1v) is 19.1. The molecule has 0 N–H and O–H groups in total. The van der Waals surface area contributed by atoms with Crippen LogP contribution >= 0.6 is 0 Å². The van der Waals surface area contributed by atoms with Crippen molar-refractivity contribution in [3.05, 3.63) is 71.8 Å². The van der Waals surface area contributed by atoms with Gasteiger partial charge >= 0.3 is 209 Å². The average molecular weight is 515 g/mol. The van der Waals surface area contributed by atoms with Crippen LogP contribution in [0.5, 0.6) is 0 Å². The summed E-state index contributed by atoms with van der Waals surface area (Å²) in [6.07, 6.45) is 10.1. The van der Waals surface area contributed by atoms with Gasteiger partial charge in [0.25, 0.3) is 0 Å². The van der Waals surface area contributed by atoms with Crippen LogP contribution in [-0.2, 0) is 4.43 Å². The summed E-state index contributed by atoms with van der Waals surface area (Å²) in [4.78, 5) is 0. The van der Waals surface area contributed by atoms with E-state index in [0.717, 1.165) is 24.2 Å². The van der Waals surface area contributed by atoms with Crippen molar-refractivity contribution in [2.75, 3.05) is 0 Å². The Labute approximate surface area is 208 Å². The molecule has 7 rings (SSSR count). The maximum absolute atomic E-state index is 7.55. The fourth-order valence-electron chi connectivity index (χ4n) is 8.27. The van der Waals surface area contributed by atoms with Gasteiger partial charge in [0.1, 0.15) is 0 Å². The van der Waals surface area contributed by atoms with Gasteiger partial charge in [0, 0.05) is 0 Å². The van der Waals surface area contributed by atoms with Crippen LogP contribution in [0.1, 0.15) is 56.1 Å². The molecule has 1 aliphatic heterocycles. The van der Waals surface area contributed by atoms with Crippen LogP contribution in [0, 0.1) is 23.2 Å². The summed E-state index contributed by atoms with van der Waals surface area (Å²) < 4.78 is 7.68. The second kappa shape index (κ2) is 8.24. The summed E-state index contributed by atoms with van der Waals surface area (Å²) in [7, 11) is -1.69. The standard InChI is InChI=1S/C30H38GeOSi/c1-33(2,3)32-30(29-17-22-14-23(18-29)16-24(15-22)19-29)20-27(25-10-6-4-7-11-25)28(21-31-30)26-12-8-5-9-13-26/h4-13,22-24H,14-21H2,1-3H3. The predicted molar refractivity (Wildman–Crippen MR) is 143 cm³/mol. The fourth-order valence-corrected chi connectivity index (χ4v) is 16.0. The van der Waals surface area contributed by atoms with Crippen LogP contribution in [0.25, 0.3) is 11.1 Å². The normalized spacial score (nSPS) is 35.8. The Balaban J connectivity index is 1.49. The van der Waals surface area contributed by atoms with E-state index in [1.807, 2.05) is 0 Å². The molecule has 0 saturated heterocycles. The Kier molecular flexibility index (Phi) is 5.59. The van der Waals surface area contributed by atoms with Crippen molar-refractivity contribution >= 4 is 34.9 Å². The molecule has 0 aromatic heterocycles. The van der Waals surface area contributed by atoms with E-state index in [-0.39, 0.29) is 19.9 Å². The van der Waals surface area contributed by atoms with Crippen molar-refractivity contribution in [1.82, 2.24) is 0 Å². The molecular weight excluding hydrogens is 477 g/mol. The molecule has 4 fully saturated rings. The fraction of sp³-hybridized carbons (Fsp3) is 0.533. The third-order valence-corrected chi connectivity index (χ3v) is 14.4. The summed E-state index contributed by atoms with van der Waals surface area (Å²) in [5.41, 5.74) is 6.51. The van der Waals surface area contributed by atoms with Crippen LogP contribution in [0.2, 0.25) is 24.9 Å². The third kappa shape index (κ3) is 4.04. The molecule has 3 heteroatoms. The molecule has 1 unspecified atom stereocenters. The second-order valence-corrected chi connectivity index (χ2v) is 20.1. The molecule has 1 nitrogen and oxygen atoms in total. The van der Waals surface area contributed by atoms with Gasteiger partial charge in [-0.05, 0) is 0 Å². The Morgan fingerprint density at radius 1 is 0.727 bits per heavy atom. The van der Waals surface area contributed by atoms with Gasteiger partial charge in [-0.25, -0.2) is 0 Å². The molecule has 1 heterocycles. The van der Waals surface area contributed by atoms with Gasteiger partial charge in [0.2, 0.25) is 0 Å². The molecule has 33 heavy (non-hydrogen) atoms. The molecule has 172 valence electrons. The first-order chi connectivity index (χ1) is 15.8. The van der Waals surface area contributed by atoms with Crippen LogP contribution in [-0.4, -0.2) is 28.2 Å². The van der Waals surface area contributed by atoms with E-state index in [0.29, 0.717) is 5.41 Å². The average Bonchev–Trinajstić information content (AvgIpc) is 2.78. The monoisotopic (exact) mass is 516 g/mol. The minimum atomic E-state index is -1.69. The summed E-state index contributed by atoms with van der Waals surface area (Å²) >= 11 is -0.277. The maximum atomic E-state index is 7.55. The van der Waals surface area contributed by atoms with E-state index in [2.05, 4.69) is 80.3 Å². The van der Waals surface area contributed by atoms with E-state index < -0.39 is 8.32 Å². The SMILES string of the molecule is C[Si](C)(C)O[C]1(C23CC4CC(CC(C4)C2)C3)CC(c2ccccc2)=C(c2ccccc2)[CH2][Ge]1. The Bertz CT molecular complexity index is 1000.